The van der Waals surface area contributed by atoms with Crippen molar-refractivity contribution >= 4 is 28.9 Å². The second-order valence-corrected chi connectivity index (χ2v) is 11.6. The number of fused-ring (bicyclic) bond motifs is 2. The van der Waals surface area contributed by atoms with Gasteiger partial charge in [-0.3, -0.25) is 9.69 Å². The van der Waals surface area contributed by atoms with Crippen LogP contribution in [-0.4, -0.2) is 66.8 Å². The Hall–Kier alpha value is -3.43. The van der Waals surface area contributed by atoms with Gasteiger partial charge < -0.3 is 19.1 Å². The fraction of sp³-hybridized carbons (Fsp3) is 0.433. The number of carbonyl (C=O) groups is 2. The van der Waals surface area contributed by atoms with Gasteiger partial charge in [-0.1, -0.05) is 29.5 Å². The molecule has 3 heterocycles. The number of carbonyl (C=O) groups excluding carboxylic acids is 2. The third-order valence-corrected chi connectivity index (χ3v) is 7.80. The number of nitrogens with zero attached hydrogens (tertiary/aromatic N) is 3. The number of aromatic nitrogens is 1. The molecule has 2 aromatic carbocycles. The van der Waals surface area contributed by atoms with Crippen LogP contribution in [0.25, 0.3) is 11.3 Å². The maximum Gasteiger partial charge on any atom is 0.350 e. The van der Waals surface area contributed by atoms with Crippen molar-refractivity contribution in [1.82, 2.24) is 9.88 Å². The standard InChI is InChI=1S/C25H27N3O3S.C5H10O2/c1-3-30-24(29)23-22(17-9-13-21(14-10-17)31-20-7-5-4-6-8-20)26-25(32-23)28-15-18-11-12-19(16-28)27(18)2;1-5(2,3)7-4-6/h4-10,13-14,18-19H,3,11-12,15-16H2,1-2H3;4H,1-3H3. The number of hydrogen-bond acceptors (Lipinski definition) is 9. The molecule has 9 heteroatoms. The van der Waals surface area contributed by atoms with Crippen molar-refractivity contribution in [2.45, 2.75) is 58.2 Å². The first kappa shape index (κ1) is 28.6. The van der Waals surface area contributed by atoms with Crippen molar-refractivity contribution in [1.29, 1.82) is 0 Å². The molecule has 5 rings (SSSR count). The summed E-state index contributed by atoms with van der Waals surface area (Å²) in [5.74, 6) is 1.21. The number of thiazole rings is 1. The molecule has 0 amide bonds. The Morgan fingerprint density at radius 1 is 1.03 bits per heavy atom. The molecule has 0 saturated carbocycles. The van der Waals surface area contributed by atoms with Crippen molar-refractivity contribution in [2.24, 2.45) is 0 Å². The summed E-state index contributed by atoms with van der Waals surface area (Å²) in [5.41, 5.74) is 1.25. The van der Waals surface area contributed by atoms with Crippen molar-refractivity contribution in [2.75, 3.05) is 31.6 Å². The Morgan fingerprint density at radius 2 is 1.64 bits per heavy atom. The van der Waals surface area contributed by atoms with E-state index < -0.39 is 0 Å². The zero-order valence-electron chi connectivity index (χ0n) is 23.3. The quantitative estimate of drug-likeness (QED) is 0.261. The van der Waals surface area contributed by atoms with Crippen LogP contribution in [0.2, 0.25) is 0 Å². The van der Waals surface area contributed by atoms with Crippen LogP contribution in [-0.2, 0) is 14.3 Å². The van der Waals surface area contributed by atoms with Crippen LogP contribution in [0.15, 0.2) is 54.6 Å². The monoisotopic (exact) mass is 551 g/mol. The van der Waals surface area contributed by atoms with E-state index in [0.717, 1.165) is 35.3 Å². The maximum atomic E-state index is 12.7. The van der Waals surface area contributed by atoms with Gasteiger partial charge in [0.2, 0.25) is 0 Å². The molecule has 0 aliphatic carbocycles. The predicted molar refractivity (Wildman–Crippen MR) is 154 cm³/mol. The molecule has 2 fully saturated rings. The molecule has 2 aliphatic rings. The minimum atomic E-state index is -0.318. The number of anilines is 1. The summed E-state index contributed by atoms with van der Waals surface area (Å²) < 4.78 is 15.8. The summed E-state index contributed by atoms with van der Waals surface area (Å²) in [5, 5.41) is 0.901. The first-order chi connectivity index (χ1) is 18.7. The lowest BCUT2D eigenvalue weighted by Gasteiger charge is -2.38. The van der Waals surface area contributed by atoms with Crippen LogP contribution >= 0.6 is 11.3 Å². The molecule has 2 atom stereocenters. The largest absolute Gasteiger partial charge is 0.462 e. The number of benzene rings is 2. The summed E-state index contributed by atoms with van der Waals surface area (Å²) in [6.07, 6.45) is 2.45. The second kappa shape index (κ2) is 12.6. The van der Waals surface area contributed by atoms with E-state index in [1.807, 2.05) is 82.3 Å². The third kappa shape index (κ3) is 7.36. The summed E-state index contributed by atoms with van der Waals surface area (Å²) in [6.45, 7) is 9.99. The molecule has 2 aliphatic heterocycles. The topological polar surface area (TPSA) is 81.2 Å². The van der Waals surface area contributed by atoms with Crippen LogP contribution in [0.5, 0.6) is 11.5 Å². The Balaban J connectivity index is 0.000000448. The Labute approximate surface area is 234 Å². The van der Waals surface area contributed by atoms with E-state index >= 15 is 0 Å². The van der Waals surface area contributed by atoms with Gasteiger partial charge >= 0.3 is 5.97 Å². The van der Waals surface area contributed by atoms with Gasteiger partial charge in [0.05, 0.1) is 12.3 Å². The highest BCUT2D eigenvalue weighted by Gasteiger charge is 2.39. The number of ether oxygens (including phenoxy) is 3. The Kier molecular flexibility index (Phi) is 9.24. The second-order valence-electron chi connectivity index (χ2n) is 10.6. The molecule has 2 unspecified atom stereocenters. The average molecular weight is 552 g/mol. The third-order valence-electron chi connectivity index (χ3n) is 6.70. The van der Waals surface area contributed by atoms with E-state index in [0.29, 0.717) is 35.7 Å². The number of esters is 1. The zero-order chi connectivity index (χ0) is 28.0. The molecule has 3 aromatic rings. The summed E-state index contributed by atoms with van der Waals surface area (Å²) >= 11 is 1.44. The molecular weight excluding hydrogens is 514 g/mol. The van der Waals surface area contributed by atoms with Crippen LogP contribution in [0.3, 0.4) is 0 Å². The van der Waals surface area contributed by atoms with Crippen molar-refractivity contribution in [3.05, 3.63) is 59.5 Å². The van der Waals surface area contributed by atoms with E-state index in [-0.39, 0.29) is 11.6 Å². The first-order valence-corrected chi connectivity index (χ1v) is 14.1. The van der Waals surface area contributed by atoms with E-state index in [1.165, 1.54) is 24.2 Å². The summed E-state index contributed by atoms with van der Waals surface area (Å²) in [6, 6.07) is 18.5. The van der Waals surface area contributed by atoms with Crippen molar-refractivity contribution < 1.29 is 23.8 Å². The fourth-order valence-corrected chi connectivity index (χ4v) is 5.69. The van der Waals surface area contributed by atoms with Gasteiger partial charge in [-0.25, -0.2) is 9.78 Å². The van der Waals surface area contributed by atoms with Crippen LogP contribution in [0, 0.1) is 0 Å². The molecule has 0 spiro atoms. The zero-order valence-corrected chi connectivity index (χ0v) is 24.1. The molecule has 0 N–H and O–H groups in total. The SMILES string of the molecule is CC(C)(C)OC=O.CCOC(=O)c1sc(N2CC3CCC(C2)N3C)nc1-c1ccc(Oc2ccccc2)cc1. The summed E-state index contributed by atoms with van der Waals surface area (Å²) in [4.78, 5) is 32.6. The predicted octanol–water partition coefficient (Wildman–Crippen LogP) is 6.02. The highest BCUT2D eigenvalue weighted by molar-refractivity contribution is 7.18. The van der Waals surface area contributed by atoms with Gasteiger partial charge in [-0.15, -0.1) is 0 Å². The molecule has 1 aromatic heterocycles. The van der Waals surface area contributed by atoms with Gasteiger partial charge in [-0.2, -0.15) is 0 Å². The van der Waals surface area contributed by atoms with Gasteiger partial charge in [0.15, 0.2) is 5.13 Å². The van der Waals surface area contributed by atoms with Crippen LogP contribution < -0.4 is 9.64 Å². The maximum absolute atomic E-state index is 12.7. The van der Waals surface area contributed by atoms with Gasteiger partial charge in [0.25, 0.3) is 6.47 Å². The van der Waals surface area contributed by atoms with Gasteiger partial charge in [0, 0.05) is 30.7 Å². The molecule has 2 saturated heterocycles. The van der Waals surface area contributed by atoms with Gasteiger partial charge in [0.1, 0.15) is 22.0 Å². The Bertz CT molecular complexity index is 1230. The van der Waals surface area contributed by atoms with Crippen molar-refractivity contribution in [3.63, 3.8) is 0 Å². The number of piperazine rings is 1. The Morgan fingerprint density at radius 3 is 2.18 bits per heavy atom. The van der Waals surface area contributed by atoms with Gasteiger partial charge in [-0.05, 0) is 84.0 Å². The van der Waals surface area contributed by atoms with Crippen LogP contribution in [0.1, 0.15) is 50.2 Å². The molecule has 8 nitrogen and oxygen atoms in total. The van der Waals surface area contributed by atoms with E-state index in [2.05, 4.69) is 21.6 Å². The molecule has 208 valence electrons. The lowest BCUT2D eigenvalue weighted by atomic mass is 10.1. The van der Waals surface area contributed by atoms with Crippen molar-refractivity contribution in [3.8, 4) is 22.8 Å². The molecule has 0 radical (unpaired) electrons. The highest BCUT2D eigenvalue weighted by atomic mass is 32.1. The van der Waals surface area contributed by atoms with Crippen LogP contribution in [0.4, 0.5) is 5.13 Å². The lowest BCUT2D eigenvalue weighted by Crippen LogP contribution is -2.52. The number of hydrogen-bond donors (Lipinski definition) is 0. The number of para-hydroxylation sites is 1. The molecule has 39 heavy (non-hydrogen) atoms. The average Bonchev–Trinajstić information content (AvgIpc) is 3.41. The van der Waals surface area contributed by atoms with E-state index in [4.69, 9.17) is 14.5 Å². The minimum absolute atomic E-state index is 0.312. The molecule has 2 bridgehead atoms. The summed E-state index contributed by atoms with van der Waals surface area (Å²) in [7, 11) is 2.22. The molecular formula is C30H37N3O5S. The smallest absolute Gasteiger partial charge is 0.350 e. The van der Waals surface area contributed by atoms with E-state index in [1.54, 1.807) is 0 Å². The first-order valence-electron chi connectivity index (χ1n) is 13.3. The fourth-order valence-electron chi connectivity index (χ4n) is 4.69. The normalized spacial score (nSPS) is 18.6. The van der Waals surface area contributed by atoms with E-state index in [9.17, 15) is 9.59 Å². The highest BCUT2D eigenvalue weighted by Crippen LogP contribution is 2.38. The lowest BCUT2D eigenvalue weighted by molar-refractivity contribution is -0.138. The minimum Gasteiger partial charge on any atom is -0.462 e. The number of likely N-dealkylation sites (N-methyl/N-ethyl adjacent to an activating group) is 1. The number of rotatable bonds is 7.